The fourth-order valence-corrected chi connectivity index (χ4v) is 4.43. The van der Waals surface area contributed by atoms with E-state index in [1.54, 1.807) is 0 Å². The van der Waals surface area contributed by atoms with Gasteiger partial charge in [-0.1, -0.05) is 76.3 Å². The molecule has 4 aromatic rings. The van der Waals surface area contributed by atoms with Gasteiger partial charge in [-0.15, -0.1) is 0 Å². The van der Waals surface area contributed by atoms with E-state index in [1.165, 1.54) is 16.7 Å². The molecule has 32 heavy (non-hydrogen) atoms. The van der Waals surface area contributed by atoms with Gasteiger partial charge >= 0.3 is 6.92 Å². The number of hydrogen-bond donors (Lipinski definition) is 1. The minimum atomic E-state index is -0.642. The molecule has 4 aromatic carbocycles. The standard InChI is InChI=1S/C29H30BNO/c1-20-6-12-26(13-7-20)31(27-14-8-21(2)9-15-27)28-16-10-25(11-17-28)30(32)29-23(4)18-22(3)19-24(29)5/h6-19,32H,1-5H3. The first-order valence-corrected chi connectivity index (χ1v) is 11.1. The van der Waals surface area contributed by atoms with Crippen LogP contribution in [0.25, 0.3) is 0 Å². The lowest BCUT2D eigenvalue weighted by atomic mass is 9.53. The zero-order chi connectivity index (χ0) is 22.8. The van der Waals surface area contributed by atoms with Crippen LogP contribution in [0.3, 0.4) is 0 Å². The zero-order valence-electron chi connectivity index (χ0n) is 19.6. The summed E-state index contributed by atoms with van der Waals surface area (Å²) in [4.78, 5) is 2.25. The van der Waals surface area contributed by atoms with E-state index in [9.17, 15) is 5.02 Å². The summed E-state index contributed by atoms with van der Waals surface area (Å²) in [6.07, 6.45) is 0. The summed E-state index contributed by atoms with van der Waals surface area (Å²) >= 11 is 0. The van der Waals surface area contributed by atoms with Gasteiger partial charge in [0.15, 0.2) is 0 Å². The van der Waals surface area contributed by atoms with Gasteiger partial charge < -0.3 is 9.92 Å². The van der Waals surface area contributed by atoms with Crippen molar-refractivity contribution >= 4 is 34.9 Å². The van der Waals surface area contributed by atoms with Crippen molar-refractivity contribution in [3.8, 4) is 0 Å². The second kappa shape index (κ2) is 9.06. The van der Waals surface area contributed by atoms with Crippen molar-refractivity contribution in [1.82, 2.24) is 0 Å². The summed E-state index contributed by atoms with van der Waals surface area (Å²) in [6.45, 7) is 9.80. The Morgan fingerprint density at radius 3 is 1.31 bits per heavy atom. The van der Waals surface area contributed by atoms with Crippen molar-refractivity contribution in [2.24, 2.45) is 0 Å². The average Bonchev–Trinajstić information content (AvgIpc) is 2.76. The van der Waals surface area contributed by atoms with E-state index in [0.29, 0.717) is 0 Å². The molecule has 0 aromatic heterocycles. The molecule has 0 unspecified atom stereocenters. The lowest BCUT2D eigenvalue weighted by Gasteiger charge is -2.26. The molecule has 0 spiro atoms. The molecule has 0 saturated heterocycles. The van der Waals surface area contributed by atoms with Crippen molar-refractivity contribution in [3.63, 3.8) is 0 Å². The average molecular weight is 419 g/mol. The first kappa shape index (κ1) is 21.9. The number of rotatable bonds is 5. The number of anilines is 3. The van der Waals surface area contributed by atoms with Gasteiger partial charge in [0.2, 0.25) is 0 Å². The summed E-state index contributed by atoms with van der Waals surface area (Å²) in [5.74, 6) is 0. The number of benzene rings is 4. The van der Waals surface area contributed by atoms with Crippen LogP contribution in [-0.2, 0) is 0 Å². The molecule has 0 saturated carbocycles. The molecule has 0 heterocycles. The fraction of sp³-hybridized carbons (Fsp3) is 0.172. The molecule has 0 atom stereocenters. The number of nitrogens with zero attached hydrogens (tertiary/aromatic N) is 1. The van der Waals surface area contributed by atoms with E-state index < -0.39 is 6.92 Å². The van der Waals surface area contributed by atoms with Crippen LogP contribution in [0, 0.1) is 34.6 Å². The Labute approximate surface area is 192 Å². The first-order chi connectivity index (χ1) is 15.3. The largest absolute Gasteiger partial charge is 0.443 e. The Balaban J connectivity index is 1.72. The molecule has 0 bridgehead atoms. The molecule has 1 N–H and O–H groups in total. The van der Waals surface area contributed by atoms with Crippen LogP contribution in [0.15, 0.2) is 84.9 Å². The molecule has 0 amide bonds. The highest BCUT2D eigenvalue weighted by atomic mass is 16.2. The van der Waals surface area contributed by atoms with Crippen LogP contribution >= 0.6 is 0 Å². The SMILES string of the molecule is Cc1ccc(N(c2ccc(C)cc2)c2ccc(B(O)c3c(C)cc(C)cc3C)cc2)cc1. The predicted molar refractivity (Wildman–Crippen MR) is 138 cm³/mol. The number of hydrogen-bond acceptors (Lipinski definition) is 2. The third kappa shape index (κ3) is 4.49. The molecular weight excluding hydrogens is 389 g/mol. The van der Waals surface area contributed by atoms with Gasteiger partial charge in [-0.3, -0.25) is 0 Å². The van der Waals surface area contributed by atoms with Crippen LogP contribution in [0.1, 0.15) is 27.8 Å². The van der Waals surface area contributed by atoms with Crippen LogP contribution in [-0.4, -0.2) is 11.9 Å². The van der Waals surface area contributed by atoms with E-state index >= 15 is 0 Å². The Morgan fingerprint density at radius 2 is 0.906 bits per heavy atom. The third-order valence-electron chi connectivity index (χ3n) is 6.06. The molecule has 4 rings (SSSR count). The lowest BCUT2D eigenvalue weighted by Crippen LogP contribution is -2.45. The van der Waals surface area contributed by atoms with Gasteiger partial charge in [0.25, 0.3) is 0 Å². The van der Waals surface area contributed by atoms with Crippen molar-refractivity contribution in [3.05, 3.63) is 113 Å². The van der Waals surface area contributed by atoms with Crippen LogP contribution in [0.2, 0.25) is 0 Å². The maximum atomic E-state index is 11.2. The monoisotopic (exact) mass is 419 g/mol. The maximum Gasteiger partial charge on any atom is 0.359 e. The van der Waals surface area contributed by atoms with Gasteiger partial charge in [-0.25, -0.2) is 0 Å². The second-order valence-electron chi connectivity index (χ2n) is 8.81. The van der Waals surface area contributed by atoms with Crippen molar-refractivity contribution < 1.29 is 5.02 Å². The van der Waals surface area contributed by atoms with Crippen LogP contribution in [0.5, 0.6) is 0 Å². The lowest BCUT2D eigenvalue weighted by molar-refractivity contribution is 0.599. The highest BCUT2D eigenvalue weighted by Gasteiger charge is 2.22. The van der Waals surface area contributed by atoms with Gasteiger partial charge in [0.1, 0.15) is 0 Å². The van der Waals surface area contributed by atoms with Crippen molar-refractivity contribution in [1.29, 1.82) is 0 Å². The third-order valence-corrected chi connectivity index (χ3v) is 6.06. The summed E-state index contributed by atoms with van der Waals surface area (Å²) < 4.78 is 0. The van der Waals surface area contributed by atoms with Gasteiger partial charge in [-0.05, 0) is 81.9 Å². The van der Waals surface area contributed by atoms with Crippen LogP contribution in [0.4, 0.5) is 17.1 Å². The van der Waals surface area contributed by atoms with Crippen molar-refractivity contribution in [2.45, 2.75) is 34.6 Å². The zero-order valence-corrected chi connectivity index (χ0v) is 19.6. The fourth-order valence-electron chi connectivity index (χ4n) is 4.43. The molecule has 0 fully saturated rings. The van der Waals surface area contributed by atoms with E-state index in [1.807, 2.05) is 12.1 Å². The second-order valence-corrected chi connectivity index (χ2v) is 8.81. The van der Waals surface area contributed by atoms with Gasteiger partial charge in [0, 0.05) is 17.1 Å². The summed E-state index contributed by atoms with van der Waals surface area (Å²) in [6, 6.07) is 29.7. The maximum absolute atomic E-state index is 11.2. The Morgan fingerprint density at radius 1 is 0.531 bits per heavy atom. The van der Waals surface area contributed by atoms with E-state index in [2.05, 4.69) is 112 Å². The minimum Gasteiger partial charge on any atom is -0.443 e. The van der Waals surface area contributed by atoms with E-state index in [0.717, 1.165) is 39.1 Å². The normalized spacial score (nSPS) is 10.8. The van der Waals surface area contributed by atoms with Gasteiger partial charge in [-0.2, -0.15) is 0 Å². The topological polar surface area (TPSA) is 23.5 Å². The summed E-state index contributed by atoms with van der Waals surface area (Å²) in [5.41, 5.74) is 11.1. The molecule has 0 aliphatic carbocycles. The van der Waals surface area contributed by atoms with Crippen LogP contribution < -0.4 is 15.8 Å². The molecule has 160 valence electrons. The minimum absolute atomic E-state index is 0.642. The number of aryl methyl sites for hydroxylation is 5. The molecule has 3 heteroatoms. The molecule has 0 radical (unpaired) electrons. The highest BCUT2D eigenvalue weighted by molar-refractivity contribution is 6.79. The first-order valence-electron chi connectivity index (χ1n) is 11.1. The highest BCUT2D eigenvalue weighted by Crippen LogP contribution is 2.34. The molecule has 0 aliphatic rings. The Hall–Kier alpha value is -3.30. The quantitative estimate of drug-likeness (QED) is 0.414. The summed E-state index contributed by atoms with van der Waals surface area (Å²) in [7, 11) is 0. The molecule has 0 aliphatic heterocycles. The predicted octanol–water partition coefficient (Wildman–Crippen LogP) is 5.80. The summed E-state index contributed by atoms with van der Waals surface area (Å²) in [5, 5.41) is 11.2. The molecular formula is C29H30BNO. The molecule has 2 nitrogen and oxygen atoms in total. The van der Waals surface area contributed by atoms with Crippen molar-refractivity contribution in [2.75, 3.05) is 4.90 Å². The van der Waals surface area contributed by atoms with Gasteiger partial charge in [0.05, 0.1) is 0 Å². The Bertz CT molecular complexity index is 1140. The Kier molecular flexibility index (Phi) is 6.20. The smallest absolute Gasteiger partial charge is 0.359 e. The van der Waals surface area contributed by atoms with E-state index in [-0.39, 0.29) is 0 Å². The van der Waals surface area contributed by atoms with E-state index in [4.69, 9.17) is 0 Å².